The van der Waals surface area contributed by atoms with E-state index in [1.54, 1.807) is 10.7 Å². The SMILES string of the molecule is CN1CCCCn2nc([N+](=O)[O-])cc2C1. The highest BCUT2D eigenvalue weighted by Crippen LogP contribution is 2.16. The van der Waals surface area contributed by atoms with Crippen molar-refractivity contribution in [1.82, 2.24) is 14.7 Å². The van der Waals surface area contributed by atoms with Gasteiger partial charge in [0.15, 0.2) is 0 Å². The largest absolute Gasteiger partial charge is 0.390 e. The van der Waals surface area contributed by atoms with Crippen molar-refractivity contribution < 1.29 is 4.92 Å². The van der Waals surface area contributed by atoms with E-state index >= 15 is 0 Å². The molecule has 0 bridgehead atoms. The number of rotatable bonds is 1. The average molecular weight is 210 g/mol. The van der Waals surface area contributed by atoms with Gasteiger partial charge in [-0.05, 0) is 31.4 Å². The Morgan fingerprint density at radius 1 is 1.47 bits per heavy atom. The molecule has 0 amide bonds. The zero-order valence-electron chi connectivity index (χ0n) is 8.72. The topological polar surface area (TPSA) is 64.2 Å². The molecule has 6 heteroatoms. The van der Waals surface area contributed by atoms with Crippen LogP contribution in [0.1, 0.15) is 18.5 Å². The Hall–Kier alpha value is -1.43. The van der Waals surface area contributed by atoms with Gasteiger partial charge in [0.25, 0.3) is 0 Å². The molecule has 0 aliphatic carbocycles. The molecule has 0 saturated carbocycles. The minimum Gasteiger partial charge on any atom is -0.358 e. The second kappa shape index (κ2) is 3.98. The van der Waals surface area contributed by atoms with Crippen LogP contribution in [0.3, 0.4) is 0 Å². The molecule has 0 fully saturated rings. The third-order valence-corrected chi connectivity index (χ3v) is 2.63. The number of aryl methyl sites for hydroxylation is 1. The Bertz CT molecular complexity index is 374. The minimum absolute atomic E-state index is 0.0414. The molecule has 0 radical (unpaired) electrons. The van der Waals surface area contributed by atoms with Gasteiger partial charge in [0, 0.05) is 6.54 Å². The van der Waals surface area contributed by atoms with Crippen LogP contribution in [0.25, 0.3) is 0 Å². The summed E-state index contributed by atoms with van der Waals surface area (Å²) in [6.07, 6.45) is 2.14. The van der Waals surface area contributed by atoms with Crippen LogP contribution in [0.2, 0.25) is 0 Å². The van der Waals surface area contributed by atoms with Crippen molar-refractivity contribution in [3.63, 3.8) is 0 Å². The Morgan fingerprint density at radius 3 is 2.93 bits per heavy atom. The van der Waals surface area contributed by atoms with E-state index in [2.05, 4.69) is 10.00 Å². The van der Waals surface area contributed by atoms with Gasteiger partial charge in [-0.3, -0.25) is 0 Å². The van der Waals surface area contributed by atoms with Crippen LogP contribution >= 0.6 is 0 Å². The van der Waals surface area contributed by atoms with Crippen molar-refractivity contribution in [2.75, 3.05) is 13.6 Å². The molecule has 82 valence electrons. The molecule has 1 aromatic rings. The molecule has 6 nitrogen and oxygen atoms in total. The van der Waals surface area contributed by atoms with Crippen LogP contribution < -0.4 is 0 Å². The van der Waals surface area contributed by atoms with Crippen LogP contribution in [-0.4, -0.2) is 33.2 Å². The summed E-state index contributed by atoms with van der Waals surface area (Å²) in [6, 6.07) is 1.57. The lowest BCUT2D eigenvalue weighted by Gasteiger charge is -2.18. The van der Waals surface area contributed by atoms with E-state index in [-0.39, 0.29) is 5.82 Å². The Labute approximate surface area is 87.6 Å². The molecule has 0 N–H and O–H groups in total. The van der Waals surface area contributed by atoms with Crippen molar-refractivity contribution in [3.8, 4) is 0 Å². The highest BCUT2D eigenvalue weighted by Gasteiger charge is 2.20. The normalized spacial score (nSPS) is 17.9. The zero-order chi connectivity index (χ0) is 10.8. The quantitative estimate of drug-likeness (QED) is 0.512. The number of aromatic nitrogens is 2. The van der Waals surface area contributed by atoms with Gasteiger partial charge >= 0.3 is 5.82 Å². The summed E-state index contributed by atoms with van der Waals surface area (Å²) < 4.78 is 1.76. The fraction of sp³-hybridized carbons (Fsp3) is 0.667. The van der Waals surface area contributed by atoms with Crippen molar-refractivity contribution in [2.45, 2.75) is 25.9 Å². The van der Waals surface area contributed by atoms with Crippen molar-refractivity contribution >= 4 is 5.82 Å². The van der Waals surface area contributed by atoms with E-state index in [1.165, 1.54) is 0 Å². The molecular weight excluding hydrogens is 196 g/mol. The van der Waals surface area contributed by atoms with Crippen LogP contribution in [0.4, 0.5) is 5.82 Å². The Morgan fingerprint density at radius 2 is 2.20 bits per heavy atom. The fourth-order valence-corrected chi connectivity index (χ4v) is 1.85. The van der Waals surface area contributed by atoms with Gasteiger partial charge in [-0.25, -0.2) is 0 Å². The molecule has 0 atom stereocenters. The molecule has 15 heavy (non-hydrogen) atoms. The van der Waals surface area contributed by atoms with Gasteiger partial charge in [-0.2, -0.15) is 4.68 Å². The lowest BCUT2D eigenvalue weighted by Crippen LogP contribution is -2.24. The summed E-state index contributed by atoms with van der Waals surface area (Å²) in [5.74, 6) is -0.0414. The van der Waals surface area contributed by atoms with E-state index in [9.17, 15) is 10.1 Å². The van der Waals surface area contributed by atoms with Crippen LogP contribution in [0.5, 0.6) is 0 Å². The number of fused-ring (bicyclic) bond motifs is 1. The highest BCUT2D eigenvalue weighted by molar-refractivity contribution is 5.22. The predicted molar refractivity (Wildman–Crippen MR) is 54.4 cm³/mol. The maximum Gasteiger partial charge on any atom is 0.390 e. The fourth-order valence-electron chi connectivity index (χ4n) is 1.85. The summed E-state index contributed by atoms with van der Waals surface area (Å²) in [4.78, 5) is 12.3. The van der Waals surface area contributed by atoms with E-state index < -0.39 is 4.92 Å². The molecule has 0 unspecified atom stereocenters. The van der Waals surface area contributed by atoms with Gasteiger partial charge < -0.3 is 15.0 Å². The minimum atomic E-state index is -0.433. The lowest BCUT2D eigenvalue weighted by molar-refractivity contribution is -0.389. The van der Waals surface area contributed by atoms with E-state index in [4.69, 9.17) is 0 Å². The highest BCUT2D eigenvalue weighted by atomic mass is 16.6. The Balaban J connectivity index is 2.29. The van der Waals surface area contributed by atoms with E-state index in [0.29, 0.717) is 0 Å². The first-order valence-corrected chi connectivity index (χ1v) is 5.06. The maximum absolute atomic E-state index is 10.6. The number of nitrogens with zero attached hydrogens (tertiary/aromatic N) is 4. The predicted octanol–water partition coefficient (Wildman–Crippen LogP) is 1.02. The molecule has 1 aliphatic heterocycles. The Kier molecular flexibility index (Phi) is 2.68. The van der Waals surface area contributed by atoms with E-state index in [0.717, 1.165) is 38.2 Å². The molecule has 2 heterocycles. The second-order valence-corrected chi connectivity index (χ2v) is 3.92. The maximum atomic E-state index is 10.6. The molecular formula is C9H14N4O2. The van der Waals surface area contributed by atoms with Crippen LogP contribution in [0, 0.1) is 10.1 Å². The number of hydrogen-bond donors (Lipinski definition) is 0. The average Bonchev–Trinajstić information content (AvgIpc) is 2.52. The molecule has 0 spiro atoms. The molecule has 2 rings (SSSR count). The van der Waals surface area contributed by atoms with Gasteiger partial charge in [0.2, 0.25) is 0 Å². The van der Waals surface area contributed by atoms with Crippen LogP contribution in [-0.2, 0) is 13.1 Å². The summed E-state index contributed by atoms with van der Waals surface area (Å²) in [6.45, 7) is 2.57. The first-order valence-electron chi connectivity index (χ1n) is 5.06. The smallest absolute Gasteiger partial charge is 0.358 e. The molecule has 0 saturated heterocycles. The van der Waals surface area contributed by atoms with Gasteiger partial charge in [-0.1, -0.05) is 0 Å². The number of hydrogen-bond acceptors (Lipinski definition) is 4. The summed E-state index contributed by atoms with van der Waals surface area (Å²) >= 11 is 0. The van der Waals surface area contributed by atoms with Gasteiger partial charge in [0.05, 0.1) is 23.4 Å². The summed E-state index contributed by atoms with van der Waals surface area (Å²) in [5, 5.41) is 14.6. The summed E-state index contributed by atoms with van der Waals surface area (Å²) in [7, 11) is 2.02. The third-order valence-electron chi connectivity index (χ3n) is 2.63. The summed E-state index contributed by atoms with van der Waals surface area (Å²) in [5.41, 5.74) is 0.934. The lowest BCUT2D eigenvalue weighted by atomic mass is 10.2. The van der Waals surface area contributed by atoms with Crippen molar-refractivity contribution in [2.24, 2.45) is 0 Å². The first-order chi connectivity index (χ1) is 7.16. The van der Waals surface area contributed by atoms with Gasteiger partial charge in [0.1, 0.15) is 0 Å². The second-order valence-electron chi connectivity index (χ2n) is 3.92. The van der Waals surface area contributed by atoms with E-state index in [1.807, 2.05) is 7.05 Å². The molecule has 1 aromatic heterocycles. The van der Waals surface area contributed by atoms with Crippen molar-refractivity contribution in [1.29, 1.82) is 0 Å². The number of nitro groups is 1. The van der Waals surface area contributed by atoms with Gasteiger partial charge in [-0.15, -0.1) is 0 Å². The molecule has 0 aromatic carbocycles. The third kappa shape index (κ3) is 2.15. The standard InChI is InChI=1S/C9H14N4O2/c1-11-4-2-3-5-12-8(7-11)6-9(10-12)13(14)15/h6H,2-5,7H2,1H3. The monoisotopic (exact) mass is 210 g/mol. The zero-order valence-corrected chi connectivity index (χ0v) is 8.72. The van der Waals surface area contributed by atoms with Crippen LogP contribution in [0.15, 0.2) is 6.07 Å². The first kappa shape index (κ1) is 10.1. The molecule has 1 aliphatic rings. The van der Waals surface area contributed by atoms with Crippen molar-refractivity contribution in [3.05, 3.63) is 21.9 Å².